The lowest BCUT2D eigenvalue weighted by atomic mass is 9.89. The quantitative estimate of drug-likeness (QED) is 0.0368. The minimum Gasteiger partial charge on any atom is -0.494 e. The van der Waals surface area contributed by atoms with Gasteiger partial charge in [0.05, 0.1) is 26.4 Å². The first-order valence-corrected chi connectivity index (χ1v) is 28.7. The Labute approximate surface area is 491 Å². The van der Waals surface area contributed by atoms with Crippen LogP contribution in [0.3, 0.4) is 0 Å². The van der Waals surface area contributed by atoms with Crippen molar-refractivity contribution in [3.63, 3.8) is 0 Å². The lowest BCUT2D eigenvalue weighted by molar-refractivity contribution is 0.261. The monoisotopic (exact) mass is 1130 g/mol. The van der Waals surface area contributed by atoms with Gasteiger partial charge in [-0.15, -0.1) is 0 Å². The van der Waals surface area contributed by atoms with E-state index in [9.17, 15) is 19.2 Å². The zero-order chi connectivity index (χ0) is 58.6. The van der Waals surface area contributed by atoms with E-state index in [-0.39, 0.29) is 25.7 Å². The first kappa shape index (κ1) is 58.7. The number of ether oxygens (including phenoxy) is 4. The van der Waals surface area contributed by atoms with Crippen molar-refractivity contribution < 1.29 is 38.1 Å². The van der Waals surface area contributed by atoms with E-state index >= 15 is 0 Å². The van der Waals surface area contributed by atoms with Gasteiger partial charge in [-0.1, -0.05) is 100 Å². The molecule has 16 heteroatoms. The fraction of sp³-hybridized carbons (Fsp3) is 0.235. The molecule has 0 unspecified atom stereocenters. The van der Waals surface area contributed by atoms with Crippen LogP contribution >= 0.6 is 0 Å². The van der Waals surface area contributed by atoms with Gasteiger partial charge in [-0.05, 0) is 145 Å². The molecule has 8 amide bonds. The molecular weight excluding hydrogens is 1060 g/mol. The molecule has 432 valence electrons. The molecule has 16 nitrogen and oxygen atoms in total. The minimum absolute atomic E-state index is 0.167. The molecule has 9 rings (SSSR count). The van der Waals surface area contributed by atoms with Crippen molar-refractivity contribution in [2.45, 2.75) is 79.1 Å². The van der Waals surface area contributed by atoms with Crippen LogP contribution in [0.2, 0.25) is 0 Å². The second-order valence-corrected chi connectivity index (χ2v) is 20.4. The fourth-order valence-electron chi connectivity index (χ4n) is 9.96. The summed E-state index contributed by atoms with van der Waals surface area (Å²) in [7, 11) is 0. The molecule has 0 radical (unpaired) electrons. The second-order valence-electron chi connectivity index (χ2n) is 20.4. The molecule has 8 aromatic carbocycles. The Bertz CT molecular complexity index is 3220. The number of urea groups is 4. The fourth-order valence-corrected chi connectivity index (χ4v) is 9.96. The van der Waals surface area contributed by atoms with Crippen LogP contribution in [0, 0.1) is 0 Å². The number of carbonyl (C=O) groups is 4. The molecule has 0 fully saturated rings. The maximum atomic E-state index is 14.5. The highest BCUT2D eigenvalue weighted by Crippen LogP contribution is 2.43. The Morgan fingerprint density at radius 3 is 0.798 bits per heavy atom. The molecule has 0 heterocycles. The van der Waals surface area contributed by atoms with Crippen LogP contribution in [0.15, 0.2) is 170 Å². The summed E-state index contributed by atoms with van der Waals surface area (Å²) in [5, 5.41) is 24.7. The number of nitrogens with one attached hydrogen (secondary N) is 8. The summed E-state index contributed by atoms with van der Waals surface area (Å²) in [6.45, 7) is 9.67. The van der Waals surface area contributed by atoms with E-state index in [1.54, 1.807) is 0 Å². The zero-order valence-electron chi connectivity index (χ0n) is 47.9. The molecule has 0 spiro atoms. The SMILES string of the molecule is CCCOc1cc2c(OCCC)c(c1)Cc1cc(NC(=O)Nc3ccccc3)cc(c1NC(=O)Nc1ccccc1)Cc1cc(OCCC)cc(c1OCCC)Cc1cc(NC(=O)Nc3ccccc3)cc(c1NC(=O)Nc1ccccc1)C2. The van der Waals surface area contributed by atoms with Gasteiger partial charge in [-0.25, -0.2) is 19.2 Å². The van der Waals surface area contributed by atoms with Crippen LogP contribution in [-0.4, -0.2) is 50.6 Å². The molecule has 0 atom stereocenters. The number of rotatable bonds is 20. The van der Waals surface area contributed by atoms with Crippen LogP contribution in [0.25, 0.3) is 0 Å². The summed E-state index contributed by atoms with van der Waals surface area (Å²) in [5.41, 5.74) is 9.78. The average Bonchev–Trinajstić information content (AvgIpc) is 3.07. The van der Waals surface area contributed by atoms with Gasteiger partial charge >= 0.3 is 24.1 Å². The second kappa shape index (κ2) is 29.1. The van der Waals surface area contributed by atoms with Crippen LogP contribution in [0.4, 0.5) is 64.7 Å². The first-order chi connectivity index (χ1) is 41.0. The molecule has 0 saturated heterocycles. The molecular formula is C68H72N8O8. The Morgan fingerprint density at radius 2 is 0.536 bits per heavy atom. The van der Waals surface area contributed by atoms with Crippen molar-refractivity contribution in [1.29, 1.82) is 0 Å². The zero-order valence-corrected chi connectivity index (χ0v) is 47.9. The molecule has 8 aromatic rings. The number of hydrogen-bond acceptors (Lipinski definition) is 8. The Hall–Kier alpha value is -9.96. The Kier molecular flexibility index (Phi) is 20.4. The third-order valence-corrected chi connectivity index (χ3v) is 13.5. The van der Waals surface area contributed by atoms with Crippen molar-refractivity contribution >= 4 is 69.6 Å². The molecule has 0 aromatic heterocycles. The minimum atomic E-state index is -0.483. The van der Waals surface area contributed by atoms with Crippen molar-refractivity contribution in [3.05, 3.63) is 214 Å². The summed E-state index contributed by atoms with van der Waals surface area (Å²) in [6.07, 6.45) is 3.48. The van der Waals surface area contributed by atoms with Gasteiger partial charge in [0.1, 0.15) is 23.0 Å². The third-order valence-electron chi connectivity index (χ3n) is 13.5. The number of amides is 8. The number of benzene rings is 8. The Balaban J connectivity index is 1.31. The molecule has 0 aliphatic heterocycles. The molecule has 84 heavy (non-hydrogen) atoms. The maximum absolute atomic E-state index is 14.5. The molecule has 8 N–H and O–H groups in total. The lowest BCUT2D eigenvalue weighted by Crippen LogP contribution is -2.23. The molecule has 0 saturated carbocycles. The van der Waals surface area contributed by atoms with Gasteiger partial charge < -0.3 is 61.5 Å². The van der Waals surface area contributed by atoms with E-state index < -0.39 is 24.1 Å². The van der Waals surface area contributed by atoms with Crippen molar-refractivity contribution in [1.82, 2.24) is 0 Å². The molecule has 8 bridgehead atoms. The standard InChI is InChI=1S/C68H72N8O8/c1-5-29-81-59-41-49-33-45-37-57(73-65(77)69-53-21-13-9-14-22-53)39-47(61(45)75-67(79)71-55-25-17-11-18-26-55)35-51-43-60(82-30-6-2)44-52(64(51)84-32-8-4)36-48-40-58(74-66(78)70-54-23-15-10-16-24-54)38-46(34-50(42-59)63(49)83-31-7-3)62(48)76-68(80)72-56-27-19-12-20-28-56/h9-28,37-44H,5-8,29-36H2,1-4H3,(H2,69,73,77)(H2,70,74,78)(H2,71,75,79)(H2,72,76,80). The van der Waals surface area contributed by atoms with Gasteiger partial charge in [0.15, 0.2) is 0 Å². The third kappa shape index (κ3) is 16.1. The number of hydrogen-bond donors (Lipinski definition) is 8. The Morgan fingerprint density at radius 1 is 0.298 bits per heavy atom. The van der Waals surface area contributed by atoms with E-state index in [4.69, 9.17) is 18.9 Å². The highest BCUT2D eigenvalue weighted by molar-refractivity contribution is 6.04. The van der Waals surface area contributed by atoms with E-state index in [2.05, 4.69) is 42.5 Å². The summed E-state index contributed by atoms with van der Waals surface area (Å²) in [4.78, 5) is 57.1. The summed E-state index contributed by atoms with van der Waals surface area (Å²) >= 11 is 0. The predicted molar refractivity (Wildman–Crippen MR) is 336 cm³/mol. The van der Waals surface area contributed by atoms with E-state index in [0.29, 0.717) is 130 Å². The van der Waals surface area contributed by atoms with Crippen LogP contribution in [0.5, 0.6) is 23.0 Å². The number of para-hydroxylation sites is 4. The smallest absolute Gasteiger partial charge is 0.323 e. The van der Waals surface area contributed by atoms with Crippen molar-refractivity contribution in [3.8, 4) is 23.0 Å². The molecule has 1 aliphatic rings. The summed E-state index contributed by atoms with van der Waals surface area (Å²) < 4.78 is 26.8. The number of anilines is 8. The van der Waals surface area contributed by atoms with Gasteiger partial charge in [-0.3, -0.25) is 0 Å². The van der Waals surface area contributed by atoms with E-state index in [1.807, 2.05) is 198 Å². The highest BCUT2D eigenvalue weighted by atomic mass is 16.5. The largest absolute Gasteiger partial charge is 0.494 e. The highest BCUT2D eigenvalue weighted by Gasteiger charge is 2.26. The van der Waals surface area contributed by atoms with Gasteiger partial charge in [0, 0.05) is 93.4 Å². The number of carbonyl (C=O) groups excluding carboxylic acids is 4. The molecule has 1 aliphatic carbocycles. The first-order valence-electron chi connectivity index (χ1n) is 28.7. The number of fused-ring (bicyclic) bond motifs is 8. The lowest BCUT2D eigenvalue weighted by Gasteiger charge is -2.25. The van der Waals surface area contributed by atoms with Gasteiger partial charge in [0.2, 0.25) is 0 Å². The summed E-state index contributed by atoms with van der Waals surface area (Å²) in [6, 6.07) is 50.2. The van der Waals surface area contributed by atoms with Crippen LogP contribution < -0.4 is 61.5 Å². The van der Waals surface area contributed by atoms with Crippen molar-refractivity contribution in [2.24, 2.45) is 0 Å². The van der Waals surface area contributed by atoms with Crippen LogP contribution in [0.1, 0.15) is 97.9 Å². The summed E-state index contributed by atoms with van der Waals surface area (Å²) in [5.74, 6) is 2.27. The maximum Gasteiger partial charge on any atom is 0.323 e. The van der Waals surface area contributed by atoms with Crippen molar-refractivity contribution in [2.75, 3.05) is 69.0 Å². The van der Waals surface area contributed by atoms with Crippen LogP contribution in [-0.2, 0) is 25.7 Å². The van der Waals surface area contributed by atoms with E-state index in [0.717, 1.165) is 35.1 Å². The van der Waals surface area contributed by atoms with Gasteiger partial charge in [0.25, 0.3) is 0 Å². The van der Waals surface area contributed by atoms with Gasteiger partial charge in [-0.2, -0.15) is 0 Å². The van der Waals surface area contributed by atoms with E-state index in [1.165, 1.54) is 0 Å². The average molecular weight is 1130 g/mol. The predicted octanol–water partition coefficient (Wildman–Crippen LogP) is 16.1. The normalized spacial score (nSPS) is 11.5. The topological polar surface area (TPSA) is 201 Å².